The first-order valence-corrected chi connectivity index (χ1v) is 6.23. The molecule has 0 atom stereocenters. The Morgan fingerprint density at radius 2 is 2.05 bits per heavy atom. The summed E-state index contributed by atoms with van der Waals surface area (Å²) in [4.78, 5) is 12.6. The van der Waals surface area contributed by atoms with Crippen LogP contribution in [-0.4, -0.2) is 30.2 Å². The summed E-state index contributed by atoms with van der Waals surface area (Å²) >= 11 is 0. The molecule has 4 N–H and O–H groups in total. The number of nitrogens with zero attached hydrogens (tertiary/aromatic N) is 4. The first kappa shape index (κ1) is 13.8. The molecule has 8 nitrogen and oxygen atoms in total. The Morgan fingerprint density at radius 1 is 1.35 bits per heavy atom. The second-order valence-electron chi connectivity index (χ2n) is 4.46. The van der Waals surface area contributed by atoms with Gasteiger partial charge in [0.25, 0.3) is 5.69 Å². The summed E-state index contributed by atoms with van der Waals surface area (Å²) in [6, 6.07) is 4.70. The molecule has 0 aromatic heterocycles. The van der Waals surface area contributed by atoms with Crippen molar-refractivity contribution in [2.45, 2.75) is 12.8 Å². The molecule has 1 aliphatic rings. The van der Waals surface area contributed by atoms with Crippen molar-refractivity contribution in [3.05, 3.63) is 33.9 Å². The molecule has 2 rings (SSSR count). The highest BCUT2D eigenvalue weighted by molar-refractivity contribution is 5.89. The van der Waals surface area contributed by atoms with Gasteiger partial charge in [-0.15, -0.1) is 5.10 Å². The van der Waals surface area contributed by atoms with Gasteiger partial charge in [0.05, 0.1) is 11.1 Å². The van der Waals surface area contributed by atoms with Crippen molar-refractivity contribution in [3.63, 3.8) is 0 Å². The van der Waals surface area contributed by atoms with Crippen LogP contribution < -0.4 is 16.4 Å². The number of benzene rings is 1. The molecule has 1 heterocycles. The fourth-order valence-electron chi connectivity index (χ4n) is 2.16. The molecule has 0 amide bonds. The van der Waals surface area contributed by atoms with Crippen LogP contribution in [0.4, 0.5) is 11.4 Å². The van der Waals surface area contributed by atoms with Crippen molar-refractivity contribution < 1.29 is 4.92 Å². The Bertz CT molecular complexity index is 559. The molecule has 0 unspecified atom stereocenters. The molecule has 0 saturated carbocycles. The molecule has 1 aliphatic heterocycles. The zero-order valence-electron chi connectivity index (χ0n) is 10.9. The van der Waals surface area contributed by atoms with Crippen molar-refractivity contribution in [2.75, 3.05) is 18.0 Å². The number of guanidine groups is 1. The maximum absolute atomic E-state index is 10.8. The second kappa shape index (κ2) is 6.00. The molecule has 0 aliphatic carbocycles. The Morgan fingerprint density at radius 3 is 2.65 bits per heavy atom. The van der Waals surface area contributed by atoms with E-state index in [1.165, 1.54) is 18.3 Å². The van der Waals surface area contributed by atoms with Gasteiger partial charge in [0, 0.05) is 36.5 Å². The highest BCUT2D eigenvalue weighted by Crippen LogP contribution is 2.27. The number of nitrogens with two attached hydrogens (primary N) is 2. The third kappa shape index (κ3) is 3.22. The van der Waals surface area contributed by atoms with Gasteiger partial charge >= 0.3 is 0 Å². The minimum atomic E-state index is -0.439. The highest BCUT2D eigenvalue weighted by atomic mass is 16.6. The molecule has 1 aromatic carbocycles. The van der Waals surface area contributed by atoms with E-state index in [9.17, 15) is 10.1 Å². The normalized spacial score (nSPS) is 14.7. The van der Waals surface area contributed by atoms with Gasteiger partial charge in [-0.1, -0.05) is 0 Å². The van der Waals surface area contributed by atoms with Gasteiger partial charge in [-0.25, -0.2) is 0 Å². The van der Waals surface area contributed by atoms with E-state index < -0.39 is 4.92 Å². The van der Waals surface area contributed by atoms with Gasteiger partial charge in [0.1, 0.15) is 0 Å². The lowest BCUT2D eigenvalue weighted by molar-refractivity contribution is -0.384. The summed E-state index contributed by atoms with van der Waals surface area (Å²) in [5.41, 5.74) is 11.9. The van der Waals surface area contributed by atoms with E-state index in [4.69, 9.17) is 11.5 Å². The number of hydrogen-bond acceptors (Lipinski definition) is 5. The first-order valence-electron chi connectivity index (χ1n) is 6.23. The fourth-order valence-corrected chi connectivity index (χ4v) is 2.16. The molecule has 8 heteroatoms. The van der Waals surface area contributed by atoms with Gasteiger partial charge in [0.2, 0.25) is 5.96 Å². The van der Waals surface area contributed by atoms with Crippen LogP contribution in [0, 0.1) is 10.1 Å². The number of anilines is 1. The van der Waals surface area contributed by atoms with Crippen LogP contribution in [0.3, 0.4) is 0 Å². The lowest BCUT2D eigenvalue weighted by Crippen LogP contribution is -2.22. The van der Waals surface area contributed by atoms with Gasteiger partial charge < -0.3 is 16.4 Å². The van der Waals surface area contributed by atoms with Crippen molar-refractivity contribution in [3.8, 4) is 0 Å². The predicted molar refractivity (Wildman–Crippen MR) is 77.9 cm³/mol. The van der Waals surface area contributed by atoms with Gasteiger partial charge in [-0.05, 0) is 18.9 Å². The quantitative estimate of drug-likeness (QED) is 0.364. The molecule has 20 heavy (non-hydrogen) atoms. The first-order chi connectivity index (χ1) is 9.58. The zero-order valence-corrected chi connectivity index (χ0v) is 10.9. The van der Waals surface area contributed by atoms with Crippen molar-refractivity contribution in [1.29, 1.82) is 0 Å². The van der Waals surface area contributed by atoms with E-state index in [0.717, 1.165) is 31.6 Å². The van der Waals surface area contributed by atoms with Crippen LogP contribution in [0.2, 0.25) is 0 Å². The minimum absolute atomic E-state index is 0.0131. The third-order valence-electron chi connectivity index (χ3n) is 3.04. The highest BCUT2D eigenvalue weighted by Gasteiger charge is 2.17. The number of non-ortho nitro benzene ring substituents is 1. The molecule has 1 aromatic rings. The van der Waals surface area contributed by atoms with Crippen molar-refractivity contribution in [2.24, 2.45) is 21.7 Å². The summed E-state index contributed by atoms with van der Waals surface area (Å²) in [7, 11) is 0. The maximum atomic E-state index is 10.8. The third-order valence-corrected chi connectivity index (χ3v) is 3.04. The molecule has 1 fully saturated rings. The van der Waals surface area contributed by atoms with Crippen LogP contribution in [-0.2, 0) is 0 Å². The smallest absolute Gasteiger partial charge is 0.270 e. The van der Waals surface area contributed by atoms with E-state index in [-0.39, 0.29) is 11.6 Å². The van der Waals surface area contributed by atoms with E-state index in [1.54, 1.807) is 6.07 Å². The Balaban J connectivity index is 2.37. The summed E-state index contributed by atoms with van der Waals surface area (Å²) < 4.78 is 0. The Hall–Kier alpha value is -2.64. The van der Waals surface area contributed by atoms with Gasteiger partial charge in [-0.3, -0.25) is 10.1 Å². The molecule has 0 spiro atoms. The summed E-state index contributed by atoms with van der Waals surface area (Å²) in [6.45, 7) is 1.86. The van der Waals surface area contributed by atoms with Gasteiger partial charge in [-0.2, -0.15) is 5.10 Å². The monoisotopic (exact) mass is 276 g/mol. The molecule has 106 valence electrons. The number of nitro groups is 1. The number of hydrogen-bond donors (Lipinski definition) is 2. The number of nitro benzene ring substituents is 1. The topological polar surface area (TPSA) is 123 Å². The molecule has 0 bridgehead atoms. The summed E-state index contributed by atoms with van der Waals surface area (Å²) in [6.07, 6.45) is 3.66. The van der Waals surface area contributed by atoms with Crippen molar-refractivity contribution in [1.82, 2.24) is 0 Å². The number of rotatable bonds is 4. The minimum Gasteiger partial charge on any atom is -0.371 e. The second-order valence-corrected chi connectivity index (χ2v) is 4.46. The van der Waals surface area contributed by atoms with E-state index >= 15 is 0 Å². The lowest BCUT2D eigenvalue weighted by atomic mass is 10.1. The maximum Gasteiger partial charge on any atom is 0.270 e. The lowest BCUT2D eigenvalue weighted by Gasteiger charge is -2.19. The van der Waals surface area contributed by atoms with Crippen LogP contribution in [0.15, 0.2) is 28.4 Å². The average Bonchev–Trinajstić information content (AvgIpc) is 2.91. The van der Waals surface area contributed by atoms with Crippen LogP contribution >= 0.6 is 0 Å². The SMILES string of the molecule is NC(N)=NN=Cc1cc([N+](=O)[O-])ccc1N1CCCC1. The fraction of sp³-hybridized carbons (Fsp3) is 0.333. The zero-order chi connectivity index (χ0) is 14.5. The van der Waals surface area contributed by atoms with Crippen LogP contribution in [0.25, 0.3) is 0 Å². The summed E-state index contributed by atoms with van der Waals surface area (Å²) in [5, 5.41) is 18.1. The van der Waals surface area contributed by atoms with E-state index in [1.807, 2.05) is 0 Å². The standard InChI is InChI=1S/C12H16N6O2/c13-12(14)16-15-8-9-7-10(18(19)20)3-4-11(9)17-5-1-2-6-17/h3-4,7-8H,1-2,5-6H2,(H4,13,14,16). The predicted octanol–water partition coefficient (Wildman–Crippen LogP) is 0.802. The molecular formula is C12H16N6O2. The Labute approximate surface area is 115 Å². The van der Waals surface area contributed by atoms with Crippen LogP contribution in [0.5, 0.6) is 0 Å². The Kier molecular flexibility index (Phi) is 4.14. The van der Waals surface area contributed by atoms with Crippen LogP contribution in [0.1, 0.15) is 18.4 Å². The van der Waals surface area contributed by atoms with E-state index in [2.05, 4.69) is 15.1 Å². The average molecular weight is 276 g/mol. The van der Waals surface area contributed by atoms with Gasteiger partial charge in [0.15, 0.2) is 0 Å². The van der Waals surface area contributed by atoms with Crippen molar-refractivity contribution >= 4 is 23.5 Å². The molecular weight excluding hydrogens is 260 g/mol. The molecule has 1 saturated heterocycles. The summed E-state index contributed by atoms with van der Waals surface area (Å²) in [5.74, 6) is -0.158. The molecule has 0 radical (unpaired) electrons. The largest absolute Gasteiger partial charge is 0.371 e. The van der Waals surface area contributed by atoms with E-state index in [0.29, 0.717) is 5.56 Å².